The van der Waals surface area contributed by atoms with Crippen LogP contribution in [0.15, 0.2) is 11.1 Å². The van der Waals surface area contributed by atoms with Crippen LogP contribution in [0.1, 0.15) is 13.3 Å². The quantitative estimate of drug-likeness (QED) is 0.802. The van der Waals surface area contributed by atoms with Gasteiger partial charge in [0.25, 0.3) is 5.56 Å². The molecular weight excluding hydrogens is 232 g/mol. The summed E-state index contributed by atoms with van der Waals surface area (Å²) in [5.41, 5.74) is 5.54. The van der Waals surface area contributed by atoms with Crippen LogP contribution in [0.5, 0.6) is 5.75 Å². The minimum absolute atomic E-state index is 0.245. The predicted molar refractivity (Wildman–Crippen MR) is 69.9 cm³/mol. The fraction of sp³-hybridized carbons (Fsp3) is 0.667. The number of hydrogen-bond donors (Lipinski definition) is 2. The molecule has 1 aliphatic heterocycles. The Balaban J connectivity index is 2.27. The number of methoxy groups -OCH3 is 1. The molecule has 3 N–H and O–H groups in total. The van der Waals surface area contributed by atoms with Crippen molar-refractivity contribution >= 4 is 5.82 Å². The summed E-state index contributed by atoms with van der Waals surface area (Å²) in [6.07, 6.45) is 2.47. The van der Waals surface area contributed by atoms with Gasteiger partial charge in [-0.1, -0.05) is 6.92 Å². The van der Waals surface area contributed by atoms with Crippen LogP contribution in [0, 0.1) is 11.8 Å². The van der Waals surface area contributed by atoms with Gasteiger partial charge in [-0.25, -0.2) is 4.98 Å². The Morgan fingerprint density at radius 3 is 3.11 bits per heavy atom. The lowest BCUT2D eigenvalue weighted by Gasteiger charge is -2.37. The first-order chi connectivity index (χ1) is 8.67. The van der Waals surface area contributed by atoms with Crippen molar-refractivity contribution in [1.82, 2.24) is 9.97 Å². The van der Waals surface area contributed by atoms with Gasteiger partial charge in [0.1, 0.15) is 0 Å². The van der Waals surface area contributed by atoms with E-state index >= 15 is 0 Å². The van der Waals surface area contributed by atoms with Crippen LogP contribution in [0.4, 0.5) is 5.82 Å². The highest BCUT2D eigenvalue weighted by Gasteiger charge is 2.28. The summed E-state index contributed by atoms with van der Waals surface area (Å²) in [5.74, 6) is 1.94. The average Bonchev–Trinajstić information content (AvgIpc) is 2.39. The SMILES string of the molecule is COc1c(N2CCC(C)C(CN)C2)nc[nH]c1=O. The van der Waals surface area contributed by atoms with E-state index in [2.05, 4.69) is 21.8 Å². The Kier molecular flexibility index (Phi) is 3.86. The van der Waals surface area contributed by atoms with Crippen molar-refractivity contribution in [2.45, 2.75) is 13.3 Å². The fourth-order valence-electron chi connectivity index (χ4n) is 2.44. The molecule has 6 heteroatoms. The molecule has 18 heavy (non-hydrogen) atoms. The second-order valence-electron chi connectivity index (χ2n) is 4.80. The molecule has 0 amide bonds. The van der Waals surface area contributed by atoms with E-state index in [0.29, 0.717) is 24.2 Å². The number of nitrogens with zero attached hydrogens (tertiary/aromatic N) is 2. The summed E-state index contributed by atoms with van der Waals surface area (Å²) >= 11 is 0. The monoisotopic (exact) mass is 252 g/mol. The van der Waals surface area contributed by atoms with Crippen molar-refractivity contribution in [2.75, 3.05) is 31.6 Å². The first-order valence-electron chi connectivity index (χ1n) is 6.24. The van der Waals surface area contributed by atoms with E-state index in [1.165, 1.54) is 13.4 Å². The molecule has 0 bridgehead atoms. The van der Waals surface area contributed by atoms with E-state index in [1.54, 1.807) is 0 Å². The Morgan fingerprint density at radius 2 is 2.44 bits per heavy atom. The van der Waals surface area contributed by atoms with Gasteiger partial charge in [0.15, 0.2) is 5.82 Å². The fourth-order valence-corrected chi connectivity index (χ4v) is 2.44. The molecule has 1 fully saturated rings. The van der Waals surface area contributed by atoms with Gasteiger partial charge in [0.05, 0.1) is 13.4 Å². The van der Waals surface area contributed by atoms with Crippen molar-refractivity contribution < 1.29 is 4.74 Å². The van der Waals surface area contributed by atoms with E-state index in [0.717, 1.165) is 19.5 Å². The van der Waals surface area contributed by atoms with Crippen molar-refractivity contribution in [2.24, 2.45) is 17.6 Å². The lowest BCUT2D eigenvalue weighted by molar-refractivity contribution is 0.304. The summed E-state index contributed by atoms with van der Waals surface area (Å²) in [5, 5.41) is 0. The summed E-state index contributed by atoms with van der Waals surface area (Å²) in [6, 6.07) is 0. The molecule has 0 aliphatic carbocycles. The molecule has 0 aromatic carbocycles. The summed E-state index contributed by atoms with van der Waals surface area (Å²) < 4.78 is 5.15. The van der Waals surface area contributed by atoms with E-state index in [4.69, 9.17) is 10.5 Å². The zero-order chi connectivity index (χ0) is 13.1. The van der Waals surface area contributed by atoms with Gasteiger partial charge >= 0.3 is 0 Å². The van der Waals surface area contributed by atoms with E-state index in [9.17, 15) is 4.79 Å². The zero-order valence-corrected chi connectivity index (χ0v) is 10.8. The van der Waals surface area contributed by atoms with Gasteiger partial charge in [-0.05, 0) is 24.8 Å². The number of aromatic nitrogens is 2. The van der Waals surface area contributed by atoms with Gasteiger partial charge in [-0.3, -0.25) is 4.79 Å². The second-order valence-corrected chi connectivity index (χ2v) is 4.80. The molecule has 0 radical (unpaired) electrons. The van der Waals surface area contributed by atoms with Crippen LogP contribution in [0.25, 0.3) is 0 Å². The number of rotatable bonds is 3. The molecule has 6 nitrogen and oxygen atoms in total. The van der Waals surface area contributed by atoms with Crippen LogP contribution in [-0.4, -0.2) is 36.7 Å². The van der Waals surface area contributed by atoms with Gasteiger partial charge < -0.3 is 20.4 Å². The number of aromatic amines is 1. The normalized spacial score (nSPS) is 24.1. The Morgan fingerprint density at radius 1 is 1.67 bits per heavy atom. The van der Waals surface area contributed by atoms with E-state index in [1.807, 2.05) is 0 Å². The number of nitrogens with two attached hydrogens (primary N) is 1. The molecule has 1 aromatic heterocycles. The molecule has 0 saturated carbocycles. The average molecular weight is 252 g/mol. The first kappa shape index (κ1) is 12.9. The third-order valence-corrected chi connectivity index (χ3v) is 3.71. The third kappa shape index (κ3) is 2.33. The first-order valence-corrected chi connectivity index (χ1v) is 6.24. The second kappa shape index (κ2) is 5.39. The highest BCUT2D eigenvalue weighted by molar-refractivity contribution is 5.51. The van der Waals surface area contributed by atoms with Gasteiger partial charge in [0.2, 0.25) is 5.75 Å². The molecule has 2 heterocycles. The maximum absolute atomic E-state index is 11.7. The Hall–Kier alpha value is -1.56. The number of piperidine rings is 1. The topological polar surface area (TPSA) is 84.2 Å². The largest absolute Gasteiger partial charge is 0.489 e. The predicted octanol–water partition coefficient (Wildman–Crippen LogP) is 0.200. The lowest BCUT2D eigenvalue weighted by Crippen LogP contribution is -2.43. The molecule has 1 aliphatic rings. The number of ether oxygens (including phenoxy) is 1. The van der Waals surface area contributed by atoms with Crippen molar-refractivity contribution in [3.63, 3.8) is 0 Å². The maximum Gasteiger partial charge on any atom is 0.295 e. The van der Waals surface area contributed by atoms with Crippen molar-refractivity contribution in [3.05, 3.63) is 16.7 Å². The van der Waals surface area contributed by atoms with Crippen LogP contribution >= 0.6 is 0 Å². The summed E-state index contributed by atoms with van der Waals surface area (Å²) in [6.45, 7) is 4.58. The smallest absolute Gasteiger partial charge is 0.295 e. The summed E-state index contributed by atoms with van der Waals surface area (Å²) in [4.78, 5) is 20.5. The minimum Gasteiger partial charge on any atom is -0.489 e. The number of H-pyrrole nitrogens is 1. The van der Waals surface area contributed by atoms with E-state index < -0.39 is 0 Å². The number of hydrogen-bond acceptors (Lipinski definition) is 5. The van der Waals surface area contributed by atoms with Crippen LogP contribution in [-0.2, 0) is 0 Å². The van der Waals surface area contributed by atoms with Gasteiger partial charge in [0, 0.05) is 13.1 Å². The van der Waals surface area contributed by atoms with Crippen LogP contribution in [0.3, 0.4) is 0 Å². The highest BCUT2D eigenvalue weighted by Crippen LogP contribution is 2.28. The highest BCUT2D eigenvalue weighted by atomic mass is 16.5. The maximum atomic E-state index is 11.7. The summed E-state index contributed by atoms with van der Waals surface area (Å²) in [7, 11) is 1.49. The molecule has 1 aromatic rings. The zero-order valence-electron chi connectivity index (χ0n) is 10.8. The molecule has 2 atom stereocenters. The van der Waals surface area contributed by atoms with Crippen LogP contribution in [0.2, 0.25) is 0 Å². The molecule has 2 unspecified atom stereocenters. The minimum atomic E-state index is -0.245. The van der Waals surface area contributed by atoms with Crippen molar-refractivity contribution in [3.8, 4) is 5.75 Å². The molecular formula is C12H20N4O2. The lowest BCUT2D eigenvalue weighted by atomic mass is 9.87. The number of nitrogens with one attached hydrogen (secondary N) is 1. The van der Waals surface area contributed by atoms with Crippen LogP contribution < -0.4 is 20.9 Å². The molecule has 2 rings (SSSR count). The van der Waals surface area contributed by atoms with Gasteiger partial charge in [-0.15, -0.1) is 0 Å². The molecule has 100 valence electrons. The standard InChI is InChI=1S/C12H20N4O2/c1-8-3-4-16(6-9(8)5-13)11-10(18-2)12(17)15-7-14-11/h7-9H,3-6,13H2,1-2H3,(H,14,15,17). The number of anilines is 1. The Labute approximate surface area is 106 Å². The van der Waals surface area contributed by atoms with Crippen molar-refractivity contribution in [1.29, 1.82) is 0 Å². The Bertz CT molecular complexity index is 460. The molecule has 1 saturated heterocycles. The van der Waals surface area contributed by atoms with E-state index in [-0.39, 0.29) is 11.3 Å². The third-order valence-electron chi connectivity index (χ3n) is 3.71. The molecule has 0 spiro atoms. The van der Waals surface area contributed by atoms with Gasteiger partial charge in [-0.2, -0.15) is 0 Å².